The number of nitrogens with one attached hydrogen (secondary N) is 1. The van der Waals surface area contributed by atoms with E-state index in [0.717, 1.165) is 0 Å². The third-order valence-corrected chi connectivity index (χ3v) is 0.999. The molecule has 4 heteroatoms. The van der Waals surface area contributed by atoms with Gasteiger partial charge in [-0.3, -0.25) is 5.32 Å². The fraction of sp³-hybridized carbons (Fsp3) is 0.125. The second kappa shape index (κ2) is 5.12. The Hall–Kier alpha value is -1.58. The molecule has 0 heterocycles. The van der Waals surface area contributed by atoms with Crippen LogP contribution >= 0.6 is 0 Å². The van der Waals surface area contributed by atoms with E-state index < -0.39 is 11.9 Å². The van der Waals surface area contributed by atoms with Crippen molar-refractivity contribution in [1.29, 1.82) is 0 Å². The lowest BCUT2D eigenvalue weighted by molar-refractivity contribution is 0.174. The first-order chi connectivity index (χ1) is 5.61. The van der Waals surface area contributed by atoms with E-state index >= 15 is 0 Å². The number of methoxy groups -OCH3 is 1. The molecule has 0 spiro atoms. The summed E-state index contributed by atoms with van der Waals surface area (Å²) in [4.78, 5) is 10.6. The molecule has 0 saturated heterocycles. The molecule has 0 bridgehead atoms. The largest absolute Gasteiger partial charge is 0.453 e. The molecule has 0 rings (SSSR count). The molecule has 0 radical (unpaired) electrons. The van der Waals surface area contributed by atoms with Crippen molar-refractivity contribution in [2.45, 2.75) is 0 Å². The van der Waals surface area contributed by atoms with Gasteiger partial charge in [-0.1, -0.05) is 19.2 Å². The van der Waals surface area contributed by atoms with Crippen LogP contribution in [-0.4, -0.2) is 13.2 Å². The van der Waals surface area contributed by atoms with E-state index in [9.17, 15) is 9.18 Å². The topological polar surface area (TPSA) is 38.3 Å². The molecule has 0 aliphatic rings. The van der Waals surface area contributed by atoms with Gasteiger partial charge in [-0.05, 0) is 6.08 Å². The van der Waals surface area contributed by atoms with Gasteiger partial charge in [0.1, 0.15) is 5.83 Å². The molecule has 1 N–H and O–H groups in total. The lowest BCUT2D eigenvalue weighted by Gasteiger charge is -2.04. The highest BCUT2D eigenvalue weighted by Gasteiger charge is 2.05. The molecule has 0 aromatic heterocycles. The van der Waals surface area contributed by atoms with Crippen LogP contribution in [0.2, 0.25) is 0 Å². The van der Waals surface area contributed by atoms with Crippen molar-refractivity contribution in [2.75, 3.05) is 7.11 Å². The summed E-state index contributed by atoms with van der Waals surface area (Å²) in [6.45, 7) is 6.35. The highest BCUT2D eigenvalue weighted by molar-refractivity contribution is 5.70. The first-order valence-electron chi connectivity index (χ1n) is 3.14. The Morgan fingerprint density at radius 2 is 2.25 bits per heavy atom. The van der Waals surface area contributed by atoms with E-state index in [1.165, 1.54) is 19.3 Å². The van der Waals surface area contributed by atoms with Crippen molar-refractivity contribution in [2.24, 2.45) is 0 Å². The van der Waals surface area contributed by atoms with Gasteiger partial charge in [0.25, 0.3) is 0 Å². The van der Waals surface area contributed by atoms with Gasteiger partial charge in [0, 0.05) is 0 Å². The van der Waals surface area contributed by atoms with E-state index in [1.807, 2.05) is 0 Å². The molecule has 0 saturated carbocycles. The fourth-order valence-electron chi connectivity index (χ4n) is 0.479. The van der Waals surface area contributed by atoms with Crippen molar-refractivity contribution in [1.82, 2.24) is 5.32 Å². The van der Waals surface area contributed by atoms with Crippen molar-refractivity contribution in [3.63, 3.8) is 0 Å². The molecule has 0 aromatic carbocycles. The second-order valence-corrected chi connectivity index (χ2v) is 1.84. The molecule has 1 amide bonds. The number of rotatable bonds is 3. The van der Waals surface area contributed by atoms with Crippen molar-refractivity contribution >= 4 is 6.09 Å². The predicted octanol–water partition coefficient (Wildman–Crippen LogP) is 1.90. The third kappa shape index (κ3) is 3.55. The fourth-order valence-corrected chi connectivity index (χ4v) is 0.479. The summed E-state index contributed by atoms with van der Waals surface area (Å²) >= 11 is 0. The van der Waals surface area contributed by atoms with Gasteiger partial charge in [-0.15, -0.1) is 0 Å². The number of halogens is 1. The van der Waals surface area contributed by atoms with Crippen LogP contribution in [0.5, 0.6) is 0 Å². The molecule has 0 fully saturated rings. The summed E-state index contributed by atoms with van der Waals surface area (Å²) in [6.07, 6.45) is 1.86. The van der Waals surface area contributed by atoms with Crippen LogP contribution < -0.4 is 5.32 Å². The van der Waals surface area contributed by atoms with Gasteiger partial charge >= 0.3 is 6.09 Å². The van der Waals surface area contributed by atoms with Crippen molar-refractivity contribution in [3.05, 3.63) is 36.8 Å². The van der Waals surface area contributed by atoms with Gasteiger partial charge < -0.3 is 4.74 Å². The summed E-state index contributed by atoms with van der Waals surface area (Å²) in [7, 11) is 1.18. The zero-order chi connectivity index (χ0) is 9.56. The molecule has 0 aromatic rings. The maximum absolute atomic E-state index is 12.5. The Morgan fingerprint density at radius 1 is 1.67 bits per heavy atom. The number of hydrogen-bond acceptors (Lipinski definition) is 2. The molecule has 0 unspecified atom stereocenters. The molecule has 0 aliphatic carbocycles. The number of allylic oxidation sites excluding steroid dienone is 3. The maximum Gasteiger partial charge on any atom is 0.411 e. The zero-order valence-corrected chi connectivity index (χ0v) is 6.76. The molecule has 66 valence electrons. The van der Waals surface area contributed by atoms with Gasteiger partial charge in [-0.25, -0.2) is 9.18 Å². The minimum absolute atomic E-state index is 0.0585. The minimum Gasteiger partial charge on any atom is -0.453 e. The van der Waals surface area contributed by atoms with E-state index in [0.29, 0.717) is 0 Å². The number of hydrogen-bond donors (Lipinski definition) is 1. The van der Waals surface area contributed by atoms with Crippen LogP contribution in [0, 0.1) is 0 Å². The maximum atomic E-state index is 12.5. The first kappa shape index (κ1) is 10.4. The normalized spacial score (nSPS) is 10.3. The van der Waals surface area contributed by atoms with Crippen LogP contribution in [0.3, 0.4) is 0 Å². The smallest absolute Gasteiger partial charge is 0.411 e. The molecular formula is C8H10FNO2. The third-order valence-electron chi connectivity index (χ3n) is 0.999. The number of amides is 1. The Bertz CT molecular complexity index is 233. The van der Waals surface area contributed by atoms with Gasteiger partial charge in [0.15, 0.2) is 0 Å². The number of ether oxygens (including phenoxy) is 1. The van der Waals surface area contributed by atoms with Crippen LogP contribution in [0.25, 0.3) is 0 Å². The Labute approximate surface area is 70.2 Å². The van der Waals surface area contributed by atoms with E-state index in [-0.39, 0.29) is 5.70 Å². The second-order valence-electron chi connectivity index (χ2n) is 1.84. The highest BCUT2D eigenvalue weighted by atomic mass is 19.1. The lowest BCUT2D eigenvalue weighted by Crippen LogP contribution is -2.22. The first-order valence-corrected chi connectivity index (χ1v) is 3.14. The Morgan fingerprint density at radius 3 is 2.58 bits per heavy atom. The van der Waals surface area contributed by atoms with E-state index in [4.69, 9.17) is 0 Å². The van der Waals surface area contributed by atoms with Crippen LogP contribution in [0.1, 0.15) is 0 Å². The molecular weight excluding hydrogens is 161 g/mol. The standard InChI is InChI=1S/C8H10FNO2/c1-4-5-7(6(2)9)10-8(11)12-3/h4-5H,1-2H2,3H3,(H,10,11)/b7-5+. The molecule has 0 atom stereocenters. The molecule has 3 nitrogen and oxygen atoms in total. The minimum atomic E-state index is -0.750. The Balaban J connectivity index is 4.34. The number of alkyl carbamates (subject to hydrolysis) is 1. The highest BCUT2D eigenvalue weighted by Crippen LogP contribution is 2.05. The monoisotopic (exact) mass is 171 g/mol. The van der Waals surface area contributed by atoms with Gasteiger partial charge in [0.05, 0.1) is 12.8 Å². The predicted molar refractivity (Wildman–Crippen MR) is 44.1 cm³/mol. The quantitative estimate of drug-likeness (QED) is 0.658. The van der Waals surface area contributed by atoms with E-state index in [2.05, 4.69) is 23.2 Å². The number of carbonyl (C=O) groups is 1. The Kier molecular flexibility index (Phi) is 4.45. The summed E-state index contributed by atoms with van der Waals surface area (Å²) in [6, 6.07) is 0. The molecule has 12 heavy (non-hydrogen) atoms. The molecule has 0 aliphatic heterocycles. The van der Waals surface area contributed by atoms with Gasteiger partial charge in [0.2, 0.25) is 0 Å². The summed E-state index contributed by atoms with van der Waals surface area (Å²) in [5.74, 6) is -0.750. The van der Waals surface area contributed by atoms with Crippen LogP contribution in [0.15, 0.2) is 36.8 Å². The number of carbonyl (C=O) groups excluding carboxylic acids is 1. The average molecular weight is 171 g/mol. The van der Waals surface area contributed by atoms with Crippen LogP contribution in [-0.2, 0) is 4.74 Å². The lowest BCUT2D eigenvalue weighted by atomic mass is 10.3. The SMILES string of the molecule is C=C/C=C(/NC(=O)OC)C(=C)F. The summed E-state index contributed by atoms with van der Waals surface area (Å²) in [5, 5.41) is 2.12. The summed E-state index contributed by atoms with van der Waals surface area (Å²) in [5.41, 5.74) is -0.0585. The van der Waals surface area contributed by atoms with E-state index in [1.54, 1.807) is 0 Å². The zero-order valence-electron chi connectivity index (χ0n) is 6.76. The van der Waals surface area contributed by atoms with Crippen LogP contribution in [0.4, 0.5) is 9.18 Å². The van der Waals surface area contributed by atoms with Gasteiger partial charge in [-0.2, -0.15) is 0 Å². The van der Waals surface area contributed by atoms with Crippen molar-refractivity contribution < 1.29 is 13.9 Å². The summed E-state index contributed by atoms with van der Waals surface area (Å²) < 4.78 is 16.7. The average Bonchev–Trinajstić information content (AvgIpc) is 2.03. The van der Waals surface area contributed by atoms with Crippen molar-refractivity contribution in [3.8, 4) is 0 Å².